The lowest BCUT2D eigenvalue weighted by atomic mass is 10.1. The number of rotatable bonds is 4. The first-order valence-corrected chi connectivity index (χ1v) is 21.3. The molecule has 2 aromatic heterocycles. The maximum atomic E-state index is 13.7. The van der Waals surface area contributed by atoms with Gasteiger partial charge in [-0.05, 0) is 43.1 Å². The van der Waals surface area contributed by atoms with E-state index in [9.17, 15) is 4.79 Å². The van der Waals surface area contributed by atoms with Gasteiger partial charge in [-0.15, -0.1) is 0 Å². The maximum absolute atomic E-state index is 13.7. The number of carbonyl (C=O) groups excluding carboxylic acids is 1. The number of amides is 1. The minimum absolute atomic E-state index is 0.0325. The smallest absolute Gasteiger partial charge is 0.349 e. The van der Waals surface area contributed by atoms with Crippen molar-refractivity contribution in [2.45, 2.75) is 128 Å². The Morgan fingerprint density at radius 3 is 2.30 bits per heavy atom. The normalized spacial score (nSPS) is 25.4. The molecule has 250 valence electrons. The Labute approximate surface area is 275 Å². The fraction of sp³-hybridized carbons (Fsp3) is 0.647. The Hall–Kier alpha value is -2.49. The largest absolute Gasteiger partial charge is 0.407 e. The van der Waals surface area contributed by atoms with E-state index in [1.807, 2.05) is 35.0 Å². The molecule has 3 aliphatic rings. The van der Waals surface area contributed by atoms with Crippen LogP contribution in [-0.2, 0) is 24.4 Å². The van der Waals surface area contributed by atoms with E-state index in [-0.39, 0.29) is 33.2 Å². The van der Waals surface area contributed by atoms with Gasteiger partial charge >= 0.3 is 8.56 Å². The molecular weight excluding hydrogens is 615 g/mol. The van der Waals surface area contributed by atoms with E-state index < -0.39 is 29.2 Å². The highest BCUT2D eigenvalue weighted by molar-refractivity contribution is 6.74. The van der Waals surface area contributed by atoms with E-state index in [1.165, 1.54) is 6.33 Å². The first-order chi connectivity index (χ1) is 21.4. The van der Waals surface area contributed by atoms with Crippen molar-refractivity contribution >= 4 is 39.6 Å². The Morgan fingerprint density at radius 2 is 1.67 bits per heavy atom. The van der Waals surface area contributed by atoms with Crippen LogP contribution in [0.15, 0.2) is 36.7 Å². The third-order valence-corrected chi connectivity index (χ3v) is 19.9. The van der Waals surface area contributed by atoms with Crippen LogP contribution in [0.3, 0.4) is 0 Å². The van der Waals surface area contributed by atoms with E-state index in [4.69, 9.17) is 28.1 Å². The van der Waals surface area contributed by atoms with Gasteiger partial charge in [0.25, 0.3) is 5.91 Å². The highest BCUT2D eigenvalue weighted by atomic mass is 28.4. The molecule has 12 heteroatoms. The molecule has 2 fully saturated rings. The Balaban J connectivity index is 1.46. The van der Waals surface area contributed by atoms with Crippen LogP contribution in [0.4, 0.5) is 5.82 Å². The van der Waals surface area contributed by atoms with Crippen LogP contribution in [-0.4, -0.2) is 74.0 Å². The minimum atomic E-state index is -2.82. The number of aromatic nitrogens is 4. The standard InChI is InChI=1S/C34H51N5O5Si2/c1-32(2,3)45(10,11)43-27-26-24(20-41-46(44-26,33(4,5)6)34(7,8)9)42-31(27)39-29-25-23(37-39)18-15-19-38(28(25)35-21-36-29)30(40)22-16-13-12-14-17-22/h12-14,16-17,21,24,26-27,31H,15,18-20H2,1-11H3/t24-,26-,27-,31-/m0/s1. The van der Waals surface area contributed by atoms with Gasteiger partial charge in [0.05, 0.1) is 17.7 Å². The van der Waals surface area contributed by atoms with Gasteiger partial charge in [0.1, 0.15) is 30.5 Å². The van der Waals surface area contributed by atoms with Crippen molar-refractivity contribution in [2.24, 2.45) is 0 Å². The van der Waals surface area contributed by atoms with Crippen LogP contribution in [0.1, 0.15) is 91.0 Å². The lowest BCUT2D eigenvalue weighted by Crippen LogP contribution is -2.66. The van der Waals surface area contributed by atoms with E-state index in [0.29, 0.717) is 36.6 Å². The van der Waals surface area contributed by atoms with Crippen molar-refractivity contribution in [3.05, 3.63) is 47.9 Å². The zero-order chi connectivity index (χ0) is 33.4. The SMILES string of the molecule is CC(C)(C)[Si](C)(C)O[C@H]1[C@H]2O[Si](C(C)(C)C)(C(C)(C)C)OC[C@@H]2O[C@@H]1n1nc2c3c(ncnc31)N(C(=O)c1ccccc1)CCC2. The lowest BCUT2D eigenvalue weighted by Gasteiger charge is -2.54. The summed E-state index contributed by atoms with van der Waals surface area (Å²) in [6.07, 6.45) is 1.31. The van der Waals surface area contributed by atoms with Crippen LogP contribution in [0.25, 0.3) is 11.0 Å². The van der Waals surface area contributed by atoms with Crippen molar-refractivity contribution in [3.63, 3.8) is 0 Å². The summed E-state index contributed by atoms with van der Waals surface area (Å²) < 4.78 is 30.2. The molecule has 0 saturated carbocycles. The minimum Gasteiger partial charge on any atom is -0.407 e. The second-order valence-electron chi connectivity index (χ2n) is 16.6. The Morgan fingerprint density at radius 1 is 1.00 bits per heavy atom. The molecule has 4 atom stereocenters. The molecule has 0 bridgehead atoms. The zero-order valence-corrected chi connectivity index (χ0v) is 31.4. The van der Waals surface area contributed by atoms with Gasteiger partial charge in [0.2, 0.25) is 0 Å². The third kappa shape index (κ3) is 5.38. The number of hydrogen-bond donors (Lipinski definition) is 0. The highest BCUT2D eigenvalue weighted by Crippen LogP contribution is 2.56. The quantitative estimate of drug-likeness (QED) is 0.271. The number of ether oxygens (including phenoxy) is 1. The molecule has 0 unspecified atom stereocenters. The first-order valence-electron chi connectivity index (χ1n) is 16.6. The molecule has 2 saturated heterocycles. The summed E-state index contributed by atoms with van der Waals surface area (Å²) in [6.45, 7) is 25.7. The van der Waals surface area contributed by atoms with Gasteiger partial charge in [-0.2, -0.15) is 5.10 Å². The summed E-state index contributed by atoms with van der Waals surface area (Å²) in [6, 6.07) is 9.36. The predicted octanol–water partition coefficient (Wildman–Crippen LogP) is 7.16. The van der Waals surface area contributed by atoms with Crippen molar-refractivity contribution in [1.29, 1.82) is 0 Å². The van der Waals surface area contributed by atoms with E-state index in [2.05, 4.69) is 80.4 Å². The number of nitrogens with zero attached hydrogens (tertiary/aromatic N) is 5. The fourth-order valence-electron chi connectivity index (χ4n) is 7.19. The summed E-state index contributed by atoms with van der Waals surface area (Å²) in [5, 5.41) is 5.55. The van der Waals surface area contributed by atoms with Gasteiger partial charge in [-0.25, -0.2) is 14.6 Å². The van der Waals surface area contributed by atoms with Gasteiger partial charge in [-0.1, -0.05) is 80.5 Å². The van der Waals surface area contributed by atoms with Crippen LogP contribution in [0.5, 0.6) is 0 Å². The molecular formula is C34H51N5O5Si2. The Bertz CT molecular complexity index is 1590. The molecule has 3 aromatic rings. The number of fused-ring (bicyclic) bond motifs is 1. The summed E-state index contributed by atoms with van der Waals surface area (Å²) in [5.41, 5.74) is 2.12. The van der Waals surface area contributed by atoms with Crippen LogP contribution in [0.2, 0.25) is 28.2 Å². The number of hydrogen-bond acceptors (Lipinski definition) is 8. The summed E-state index contributed by atoms with van der Waals surface area (Å²) in [7, 11) is -5.13. The second kappa shape index (κ2) is 11.3. The number of aryl methyl sites for hydroxylation is 1. The molecule has 46 heavy (non-hydrogen) atoms. The van der Waals surface area contributed by atoms with Gasteiger partial charge in [0, 0.05) is 22.2 Å². The second-order valence-corrected chi connectivity index (χ2v) is 26.1. The molecule has 1 amide bonds. The molecule has 0 aliphatic carbocycles. The topological polar surface area (TPSA) is 101 Å². The molecule has 0 N–H and O–H groups in total. The van der Waals surface area contributed by atoms with Gasteiger partial charge in [-0.3, -0.25) is 9.69 Å². The third-order valence-electron chi connectivity index (χ3n) is 10.3. The summed E-state index contributed by atoms with van der Waals surface area (Å²) in [4.78, 5) is 24.9. The van der Waals surface area contributed by atoms with Crippen molar-refractivity contribution in [2.75, 3.05) is 18.1 Å². The highest BCUT2D eigenvalue weighted by Gasteiger charge is 2.66. The molecule has 3 aliphatic heterocycles. The van der Waals surface area contributed by atoms with Gasteiger partial charge < -0.3 is 18.0 Å². The number of anilines is 1. The monoisotopic (exact) mass is 665 g/mol. The molecule has 0 spiro atoms. The fourth-order valence-corrected chi connectivity index (χ4v) is 13.4. The molecule has 6 rings (SSSR count). The van der Waals surface area contributed by atoms with E-state index in [0.717, 1.165) is 17.5 Å². The molecule has 0 radical (unpaired) electrons. The zero-order valence-electron chi connectivity index (χ0n) is 29.4. The van der Waals surface area contributed by atoms with Gasteiger partial charge in [0.15, 0.2) is 20.2 Å². The van der Waals surface area contributed by atoms with E-state index in [1.54, 1.807) is 4.90 Å². The molecule has 10 nitrogen and oxygen atoms in total. The van der Waals surface area contributed by atoms with Crippen molar-refractivity contribution in [3.8, 4) is 0 Å². The summed E-state index contributed by atoms with van der Waals surface area (Å²) in [5.74, 6) is 0.501. The van der Waals surface area contributed by atoms with Crippen molar-refractivity contribution in [1.82, 2.24) is 19.7 Å². The first kappa shape index (κ1) is 33.4. The maximum Gasteiger partial charge on any atom is 0.349 e. The summed E-state index contributed by atoms with van der Waals surface area (Å²) >= 11 is 0. The average Bonchev–Trinajstić information content (AvgIpc) is 3.44. The Kier molecular flexibility index (Phi) is 8.21. The van der Waals surface area contributed by atoms with Crippen LogP contribution in [0, 0.1) is 0 Å². The van der Waals surface area contributed by atoms with E-state index >= 15 is 0 Å². The number of carbonyl (C=O) groups is 1. The predicted molar refractivity (Wildman–Crippen MR) is 184 cm³/mol. The van der Waals surface area contributed by atoms with Crippen molar-refractivity contribution < 1.29 is 22.8 Å². The lowest BCUT2D eigenvalue weighted by molar-refractivity contribution is -0.0815. The van der Waals surface area contributed by atoms with Crippen LogP contribution < -0.4 is 4.90 Å². The van der Waals surface area contributed by atoms with Crippen LogP contribution >= 0.6 is 0 Å². The molecule has 1 aromatic carbocycles. The molecule has 5 heterocycles. The number of benzene rings is 1. The average molecular weight is 666 g/mol.